The van der Waals surface area contributed by atoms with Gasteiger partial charge in [-0.25, -0.2) is 8.42 Å². The van der Waals surface area contributed by atoms with Crippen LogP contribution in [0.3, 0.4) is 0 Å². The quantitative estimate of drug-likeness (QED) is 0.104. The van der Waals surface area contributed by atoms with E-state index in [2.05, 4.69) is 4.72 Å². The third kappa shape index (κ3) is 4.65. The predicted molar refractivity (Wildman–Crippen MR) is 162 cm³/mol. The molecule has 46 heavy (non-hydrogen) atoms. The first-order chi connectivity index (χ1) is 21.3. The molecule has 244 valence electrons. The summed E-state index contributed by atoms with van der Waals surface area (Å²) in [5.41, 5.74) is 0.778. The lowest BCUT2D eigenvalue weighted by molar-refractivity contribution is -0.384. The van der Waals surface area contributed by atoms with E-state index in [0.717, 1.165) is 24.3 Å². The topological polar surface area (TPSA) is 254 Å². The van der Waals surface area contributed by atoms with Crippen LogP contribution in [0.25, 0.3) is 5.76 Å². The Morgan fingerprint density at radius 3 is 2.24 bits per heavy atom. The highest BCUT2D eigenvalue weighted by Gasteiger charge is 2.64. The van der Waals surface area contributed by atoms with Gasteiger partial charge in [-0.1, -0.05) is 0 Å². The molecule has 3 aliphatic carbocycles. The predicted octanol–water partition coefficient (Wildman–Crippen LogP) is 0.739. The zero-order chi connectivity index (χ0) is 34.2. The number of ketones is 2. The second-order valence-electron chi connectivity index (χ2n) is 11.9. The van der Waals surface area contributed by atoms with Gasteiger partial charge in [0, 0.05) is 43.4 Å². The molecule has 0 heterocycles. The number of carbonyl (C=O) groups is 3. The molecule has 2 aromatic rings. The van der Waals surface area contributed by atoms with E-state index < -0.39 is 90.0 Å². The summed E-state index contributed by atoms with van der Waals surface area (Å²) in [4.78, 5) is 52.4. The van der Waals surface area contributed by atoms with E-state index in [1.165, 1.54) is 25.1 Å². The van der Waals surface area contributed by atoms with E-state index in [1.807, 2.05) is 0 Å². The van der Waals surface area contributed by atoms with Gasteiger partial charge in [0.2, 0.25) is 5.78 Å². The Morgan fingerprint density at radius 1 is 1.11 bits per heavy atom. The van der Waals surface area contributed by atoms with Gasteiger partial charge in [0.25, 0.3) is 21.6 Å². The third-order valence-corrected chi connectivity index (χ3v) is 10.2. The molecule has 5 rings (SSSR count). The number of hydrogen-bond acceptors (Lipinski definition) is 13. The second kappa shape index (κ2) is 10.8. The molecule has 4 atom stereocenters. The summed E-state index contributed by atoms with van der Waals surface area (Å²) in [7, 11) is 1.80. The number of rotatable bonds is 7. The van der Waals surface area contributed by atoms with E-state index in [-0.39, 0.29) is 29.0 Å². The Labute approximate surface area is 262 Å². The van der Waals surface area contributed by atoms with Gasteiger partial charge in [-0.3, -0.25) is 34.1 Å². The zero-order valence-corrected chi connectivity index (χ0v) is 25.8. The number of phenols is 1. The maximum atomic E-state index is 14.1. The van der Waals surface area contributed by atoms with Gasteiger partial charge >= 0.3 is 0 Å². The molecule has 0 radical (unpaired) electrons. The average Bonchev–Trinajstić information content (AvgIpc) is 2.95. The number of benzene rings is 2. The summed E-state index contributed by atoms with van der Waals surface area (Å²) >= 11 is 0. The van der Waals surface area contributed by atoms with Crippen LogP contribution in [0.4, 0.5) is 17.1 Å². The van der Waals surface area contributed by atoms with E-state index in [4.69, 9.17) is 5.73 Å². The fourth-order valence-electron chi connectivity index (χ4n) is 6.72. The number of fused-ring (bicyclic) bond motifs is 3. The number of Topliss-reactive ketones (excluding diaryl/α,β-unsaturated/α-hetero) is 2. The SMILES string of the molecule is CN(C)c1cc(NS(=O)(=O)c2ccc([N+](=O)[O-])cc2)c(O)c2c1CC1CC3[C@H](N(C)C)C(=O)C(C(N)=O)=C(O)[C@@]3(O)C(=O)C1=C2O. The number of amides is 1. The molecule has 0 saturated heterocycles. The fraction of sp³-hybridized carbons (Fsp3) is 0.345. The number of nitrogens with two attached hydrogens (primary N) is 1. The number of nitro groups is 1. The van der Waals surface area contributed by atoms with Crippen LogP contribution in [0.15, 0.2) is 52.1 Å². The van der Waals surface area contributed by atoms with Crippen molar-refractivity contribution in [2.75, 3.05) is 37.8 Å². The first-order valence-corrected chi connectivity index (χ1v) is 15.3. The van der Waals surface area contributed by atoms with Crippen LogP contribution in [-0.4, -0.2) is 96.0 Å². The van der Waals surface area contributed by atoms with Crippen LogP contribution in [0.2, 0.25) is 0 Å². The molecule has 0 aromatic heterocycles. The smallest absolute Gasteiger partial charge is 0.269 e. The van der Waals surface area contributed by atoms with Crippen LogP contribution in [-0.2, 0) is 30.8 Å². The number of nitro benzene ring substituents is 1. The van der Waals surface area contributed by atoms with E-state index >= 15 is 0 Å². The summed E-state index contributed by atoms with van der Waals surface area (Å²) < 4.78 is 28.6. The van der Waals surface area contributed by atoms with E-state index in [9.17, 15) is 53.3 Å². The van der Waals surface area contributed by atoms with Crippen LogP contribution in [0.1, 0.15) is 17.5 Å². The number of nitrogens with one attached hydrogen (secondary N) is 1. The van der Waals surface area contributed by atoms with Gasteiger partial charge < -0.3 is 31.1 Å². The van der Waals surface area contributed by atoms with E-state index in [0.29, 0.717) is 11.3 Å². The average molecular weight is 658 g/mol. The van der Waals surface area contributed by atoms with Gasteiger partial charge in [0.1, 0.15) is 17.1 Å². The molecule has 1 saturated carbocycles. The Balaban J connectivity index is 1.68. The molecule has 3 aliphatic rings. The van der Waals surface area contributed by atoms with Gasteiger partial charge in [-0.2, -0.15) is 0 Å². The van der Waals surface area contributed by atoms with Crippen molar-refractivity contribution in [3.8, 4) is 5.75 Å². The number of nitrogens with zero attached hydrogens (tertiary/aromatic N) is 3. The minimum atomic E-state index is -4.44. The number of anilines is 2. The fourth-order valence-corrected chi connectivity index (χ4v) is 7.78. The number of non-ortho nitro benzene ring substituents is 1. The lowest BCUT2D eigenvalue weighted by Crippen LogP contribution is -2.65. The number of aliphatic hydroxyl groups excluding tert-OH is 2. The third-order valence-electron chi connectivity index (χ3n) is 8.78. The second-order valence-corrected chi connectivity index (χ2v) is 13.5. The standard InChI is InChI=1S/C29H31N5O11S/c1-32(2)18-11-17(31-46(44,45)14-7-5-13(6-8-14)34(42)43)23(35)20-15(18)9-12-10-16-22(33(3)4)25(37)21(28(30)40)27(39)29(16,41)26(38)19(12)24(20)36/h5-8,11-12,16,22,31,35-36,39,41H,9-10H2,1-4H3,(H2,30,40)/t12?,16?,22-,29-/m0/s1. The Hall–Kier alpha value is -5.00. The molecule has 7 N–H and O–H groups in total. The van der Waals surface area contributed by atoms with Gasteiger partial charge in [-0.15, -0.1) is 0 Å². The molecule has 2 aromatic carbocycles. The molecule has 1 amide bonds. The summed E-state index contributed by atoms with van der Waals surface area (Å²) in [5, 5.41) is 56.7. The number of hydrogen-bond donors (Lipinski definition) is 6. The van der Waals surface area contributed by atoms with Crippen molar-refractivity contribution in [3.05, 3.63) is 68.5 Å². The maximum Gasteiger partial charge on any atom is 0.269 e. The zero-order valence-electron chi connectivity index (χ0n) is 25.0. The number of carbonyl (C=O) groups excluding carboxylic acids is 3. The van der Waals surface area contributed by atoms with Crippen LogP contribution < -0.4 is 15.4 Å². The van der Waals surface area contributed by atoms with Crippen molar-refractivity contribution in [1.82, 2.24) is 4.90 Å². The number of likely N-dealkylation sites (N-methyl/N-ethyl adjacent to an activating group) is 1. The maximum absolute atomic E-state index is 14.1. The number of primary amides is 1. The molecule has 17 heteroatoms. The molecule has 0 aliphatic heterocycles. The normalized spacial score (nSPS) is 24.3. The van der Waals surface area contributed by atoms with Crippen molar-refractivity contribution < 1.29 is 48.2 Å². The molecule has 0 bridgehead atoms. The van der Waals surface area contributed by atoms with Crippen LogP contribution in [0, 0.1) is 22.0 Å². The van der Waals surface area contributed by atoms with Crippen molar-refractivity contribution in [2.45, 2.75) is 29.4 Å². The summed E-state index contributed by atoms with van der Waals surface area (Å²) in [5.74, 6) is -8.32. The Kier molecular flexibility index (Phi) is 7.62. The Bertz CT molecular complexity index is 1900. The number of aliphatic hydroxyl groups is 3. The molecule has 1 fully saturated rings. The molecule has 0 spiro atoms. The molecular weight excluding hydrogens is 626 g/mol. The molecule has 2 unspecified atom stereocenters. The number of aromatic hydroxyl groups is 1. The highest BCUT2D eigenvalue weighted by Crippen LogP contribution is 2.54. The first kappa shape index (κ1) is 32.4. The first-order valence-electron chi connectivity index (χ1n) is 13.8. The Morgan fingerprint density at radius 2 is 1.72 bits per heavy atom. The van der Waals surface area contributed by atoms with Gasteiger partial charge in [-0.05, 0) is 56.6 Å². The highest BCUT2D eigenvalue weighted by atomic mass is 32.2. The highest BCUT2D eigenvalue weighted by molar-refractivity contribution is 7.92. The summed E-state index contributed by atoms with van der Waals surface area (Å²) in [6.45, 7) is 0. The van der Waals surface area contributed by atoms with Crippen LogP contribution in [0.5, 0.6) is 5.75 Å². The lowest BCUT2D eigenvalue weighted by atomic mass is 9.57. The summed E-state index contributed by atoms with van der Waals surface area (Å²) in [6, 6.07) is 4.06. The lowest BCUT2D eigenvalue weighted by Gasteiger charge is -2.50. The van der Waals surface area contributed by atoms with Crippen molar-refractivity contribution >= 4 is 50.3 Å². The number of phenolic OH excluding ortho intramolecular Hbond substituents is 1. The minimum absolute atomic E-state index is 0.00893. The largest absolute Gasteiger partial charge is 0.508 e. The van der Waals surface area contributed by atoms with Crippen molar-refractivity contribution in [3.63, 3.8) is 0 Å². The van der Waals surface area contributed by atoms with Crippen LogP contribution >= 0.6 is 0 Å². The van der Waals surface area contributed by atoms with Gasteiger partial charge in [0.05, 0.1) is 27.1 Å². The molecule has 16 nitrogen and oxygen atoms in total. The molecular formula is C29H31N5O11S. The van der Waals surface area contributed by atoms with Gasteiger partial charge in [0.15, 0.2) is 17.1 Å². The van der Waals surface area contributed by atoms with Crippen molar-refractivity contribution in [1.29, 1.82) is 0 Å². The van der Waals surface area contributed by atoms with E-state index in [1.54, 1.807) is 19.0 Å². The number of sulfonamides is 1. The monoisotopic (exact) mass is 657 g/mol. The minimum Gasteiger partial charge on any atom is -0.508 e. The summed E-state index contributed by atoms with van der Waals surface area (Å²) in [6.07, 6.45) is -0.126. The van der Waals surface area contributed by atoms with Crippen molar-refractivity contribution in [2.24, 2.45) is 17.6 Å².